The lowest BCUT2D eigenvalue weighted by Crippen LogP contribution is -2.43. The molecule has 1 aromatic carbocycles. The van der Waals surface area contributed by atoms with Gasteiger partial charge in [-0.3, -0.25) is 4.90 Å². The van der Waals surface area contributed by atoms with Gasteiger partial charge in [-0.15, -0.1) is 0 Å². The molecule has 0 saturated carbocycles. The van der Waals surface area contributed by atoms with Gasteiger partial charge in [0.1, 0.15) is 0 Å². The lowest BCUT2D eigenvalue weighted by atomic mass is 10.1. The van der Waals surface area contributed by atoms with Crippen molar-refractivity contribution in [3.05, 3.63) is 41.5 Å². The molecule has 2 saturated heterocycles. The summed E-state index contributed by atoms with van der Waals surface area (Å²) in [7, 11) is 0. The standard InChI is InChI=1S/C16H21NO/c1-13(9-14-5-3-2-4-6-14)10-17-11-15-7-8-16(12-17)18-15/h2-6,9,15-16H,7-8,10-12H2,1H3/b13-9+. The third-order valence-corrected chi connectivity index (χ3v) is 3.80. The van der Waals surface area contributed by atoms with Crippen molar-refractivity contribution in [3.63, 3.8) is 0 Å². The van der Waals surface area contributed by atoms with Crippen molar-refractivity contribution in [3.8, 4) is 0 Å². The molecule has 96 valence electrons. The minimum absolute atomic E-state index is 0.494. The van der Waals surface area contributed by atoms with Crippen molar-refractivity contribution in [2.24, 2.45) is 0 Å². The van der Waals surface area contributed by atoms with Gasteiger partial charge in [-0.05, 0) is 25.3 Å². The SMILES string of the molecule is C/C(=C\c1ccccc1)CN1CC2CCC(C1)O2. The van der Waals surface area contributed by atoms with E-state index >= 15 is 0 Å². The summed E-state index contributed by atoms with van der Waals surface area (Å²) in [6.45, 7) is 5.52. The van der Waals surface area contributed by atoms with Crippen LogP contribution in [0.4, 0.5) is 0 Å². The zero-order valence-corrected chi connectivity index (χ0v) is 11.0. The largest absolute Gasteiger partial charge is 0.372 e. The second kappa shape index (κ2) is 5.25. The van der Waals surface area contributed by atoms with E-state index in [1.165, 1.54) is 24.0 Å². The van der Waals surface area contributed by atoms with Gasteiger partial charge in [-0.2, -0.15) is 0 Å². The monoisotopic (exact) mass is 243 g/mol. The highest BCUT2D eigenvalue weighted by Gasteiger charge is 2.33. The Morgan fingerprint density at radius 3 is 2.56 bits per heavy atom. The normalized spacial score (nSPS) is 28.6. The highest BCUT2D eigenvalue weighted by Crippen LogP contribution is 2.26. The summed E-state index contributed by atoms with van der Waals surface area (Å²) < 4.78 is 5.87. The minimum Gasteiger partial charge on any atom is -0.372 e. The predicted molar refractivity (Wildman–Crippen MR) is 74.4 cm³/mol. The van der Waals surface area contributed by atoms with E-state index in [2.05, 4.69) is 48.2 Å². The van der Waals surface area contributed by atoms with Crippen molar-refractivity contribution in [2.45, 2.75) is 32.0 Å². The molecule has 2 atom stereocenters. The molecule has 0 N–H and O–H groups in total. The van der Waals surface area contributed by atoms with E-state index in [-0.39, 0.29) is 0 Å². The van der Waals surface area contributed by atoms with E-state index in [1.54, 1.807) is 0 Å². The first-order valence-electron chi connectivity index (χ1n) is 6.89. The zero-order chi connectivity index (χ0) is 12.4. The summed E-state index contributed by atoms with van der Waals surface area (Å²) in [5, 5.41) is 0. The first-order valence-corrected chi connectivity index (χ1v) is 6.89. The second-order valence-corrected chi connectivity index (χ2v) is 5.55. The van der Waals surface area contributed by atoms with Crippen LogP contribution in [-0.2, 0) is 4.74 Å². The van der Waals surface area contributed by atoms with Gasteiger partial charge in [-0.1, -0.05) is 42.0 Å². The molecule has 18 heavy (non-hydrogen) atoms. The first kappa shape index (κ1) is 11.9. The molecule has 2 heterocycles. The minimum atomic E-state index is 0.494. The number of ether oxygens (including phenoxy) is 1. The van der Waals surface area contributed by atoms with Gasteiger partial charge >= 0.3 is 0 Å². The highest BCUT2D eigenvalue weighted by atomic mass is 16.5. The molecule has 0 radical (unpaired) electrons. The van der Waals surface area contributed by atoms with E-state index in [0.717, 1.165) is 19.6 Å². The molecule has 0 aromatic heterocycles. The van der Waals surface area contributed by atoms with Crippen LogP contribution in [0.1, 0.15) is 25.3 Å². The van der Waals surface area contributed by atoms with Gasteiger partial charge < -0.3 is 4.74 Å². The number of hydrogen-bond acceptors (Lipinski definition) is 2. The number of likely N-dealkylation sites (tertiary alicyclic amines) is 1. The van der Waals surface area contributed by atoms with E-state index in [0.29, 0.717) is 12.2 Å². The molecule has 0 spiro atoms. The topological polar surface area (TPSA) is 12.5 Å². The van der Waals surface area contributed by atoms with Crippen LogP contribution in [0.2, 0.25) is 0 Å². The van der Waals surface area contributed by atoms with Crippen molar-refractivity contribution in [2.75, 3.05) is 19.6 Å². The fourth-order valence-corrected chi connectivity index (χ4v) is 3.06. The fourth-order valence-electron chi connectivity index (χ4n) is 3.06. The number of nitrogens with zero attached hydrogens (tertiary/aromatic N) is 1. The lowest BCUT2D eigenvalue weighted by molar-refractivity contribution is -0.0350. The van der Waals surface area contributed by atoms with Gasteiger partial charge in [0.25, 0.3) is 0 Å². The summed E-state index contributed by atoms with van der Waals surface area (Å²) in [6, 6.07) is 10.6. The Bertz CT molecular complexity index is 414. The van der Waals surface area contributed by atoms with Gasteiger partial charge in [0.05, 0.1) is 12.2 Å². The Morgan fingerprint density at radius 2 is 1.89 bits per heavy atom. The first-order chi connectivity index (χ1) is 8.79. The summed E-state index contributed by atoms with van der Waals surface area (Å²) in [5.74, 6) is 0. The maximum Gasteiger partial charge on any atom is 0.0707 e. The fraction of sp³-hybridized carbons (Fsp3) is 0.500. The summed E-state index contributed by atoms with van der Waals surface area (Å²) in [4.78, 5) is 2.54. The van der Waals surface area contributed by atoms with Gasteiger partial charge in [0.15, 0.2) is 0 Å². The van der Waals surface area contributed by atoms with E-state index in [1.807, 2.05) is 0 Å². The highest BCUT2D eigenvalue weighted by molar-refractivity contribution is 5.52. The zero-order valence-electron chi connectivity index (χ0n) is 11.0. The van der Waals surface area contributed by atoms with Crippen LogP contribution in [0.15, 0.2) is 35.9 Å². The number of morpholine rings is 1. The maximum absolute atomic E-state index is 5.87. The molecule has 2 bridgehead atoms. The Balaban J connectivity index is 1.61. The third-order valence-electron chi connectivity index (χ3n) is 3.80. The molecule has 1 aromatic rings. The summed E-state index contributed by atoms with van der Waals surface area (Å²) >= 11 is 0. The average Bonchev–Trinajstić information content (AvgIpc) is 2.70. The molecule has 2 fully saturated rings. The smallest absolute Gasteiger partial charge is 0.0707 e. The molecule has 0 aliphatic carbocycles. The molecule has 0 amide bonds. The van der Waals surface area contributed by atoms with Crippen LogP contribution in [-0.4, -0.2) is 36.7 Å². The van der Waals surface area contributed by atoms with Crippen LogP contribution in [0.5, 0.6) is 0 Å². The van der Waals surface area contributed by atoms with Crippen molar-refractivity contribution in [1.29, 1.82) is 0 Å². The van der Waals surface area contributed by atoms with Crippen LogP contribution in [0.3, 0.4) is 0 Å². The molecular weight excluding hydrogens is 222 g/mol. The Labute approximate surface area is 109 Å². The Morgan fingerprint density at radius 1 is 1.22 bits per heavy atom. The Kier molecular flexibility index (Phi) is 3.48. The van der Waals surface area contributed by atoms with Gasteiger partial charge in [0, 0.05) is 19.6 Å². The number of benzene rings is 1. The van der Waals surface area contributed by atoms with Gasteiger partial charge in [-0.25, -0.2) is 0 Å². The average molecular weight is 243 g/mol. The molecule has 2 aliphatic rings. The lowest BCUT2D eigenvalue weighted by Gasteiger charge is -2.32. The van der Waals surface area contributed by atoms with E-state index in [9.17, 15) is 0 Å². The molecule has 2 aliphatic heterocycles. The molecule has 2 nitrogen and oxygen atoms in total. The van der Waals surface area contributed by atoms with Crippen LogP contribution < -0.4 is 0 Å². The predicted octanol–water partition coefficient (Wildman–Crippen LogP) is 2.95. The van der Waals surface area contributed by atoms with Crippen molar-refractivity contribution >= 4 is 6.08 Å². The molecule has 2 heteroatoms. The number of rotatable bonds is 3. The number of hydrogen-bond donors (Lipinski definition) is 0. The third kappa shape index (κ3) is 2.82. The van der Waals surface area contributed by atoms with E-state index < -0.39 is 0 Å². The second-order valence-electron chi connectivity index (χ2n) is 5.55. The molecule has 2 unspecified atom stereocenters. The van der Waals surface area contributed by atoms with Crippen LogP contribution in [0.25, 0.3) is 6.08 Å². The number of fused-ring (bicyclic) bond motifs is 2. The quantitative estimate of drug-likeness (QED) is 0.809. The van der Waals surface area contributed by atoms with E-state index in [4.69, 9.17) is 4.74 Å². The van der Waals surface area contributed by atoms with Crippen molar-refractivity contribution < 1.29 is 4.74 Å². The van der Waals surface area contributed by atoms with Crippen molar-refractivity contribution in [1.82, 2.24) is 4.90 Å². The molecular formula is C16H21NO. The summed E-state index contributed by atoms with van der Waals surface area (Å²) in [6.07, 6.45) is 5.78. The van der Waals surface area contributed by atoms with Crippen LogP contribution in [0, 0.1) is 0 Å². The maximum atomic E-state index is 5.87. The molecule has 3 rings (SSSR count). The summed E-state index contributed by atoms with van der Waals surface area (Å²) in [5.41, 5.74) is 2.73. The van der Waals surface area contributed by atoms with Crippen LogP contribution >= 0.6 is 0 Å². The van der Waals surface area contributed by atoms with Gasteiger partial charge in [0.2, 0.25) is 0 Å². The Hall–Kier alpha value is -1.12.